The van der Waals surface area contributed by atoms with Gasteiger partial charge in [0.15, 0.2) is 0 Å². The Bertz CT molecular complexity index is 508. The molecular weight excluding hydrogens is 268 g/mol. The first-order chi connectivity index (χ1) is 9.87. The van der Waals surface area contributed by atoms with E-state index < -0.39 is 11.6 Å². The summed E-state index contributed by atoms with van der Waals surface area (Å²) in [6, 6.07) is 9.19. The Morgan fingerprint density at radius 1 is 1.38 bits per heavy atom. The van der Waals surface area contributed by atoms with Gasteiger partial charge in [0.2, 0.25) is 11.8 Å². The third kappa shape index (κ3) is 4.29. The first kappa shape index (κ1) is 15.5. The number of carbonyl (C=O) groups excluding carboxylic acids is 2. The van der Waals surface area contributed by atoms with Crippen LogP contribution in [0.3, 0.4) is 0 Å². The number of hydrogen-bond acceptors (Lipinski definition) is 3. The average Bonchev–Trinajstić information content (AvgIpc) is 2.78. The highest BCUT2D eigenvalue weighted by atomic mass is 16.3. The van der Waals surface area contributed by atoms with Gasteiger partial charge in [-0.3, -0.25) is 9.59 Å². The molecule has 2 amide bonds. The fourth-order valence-electron chi connectivity index (χ4n) is 2.41. The topological polar surface area (TPSA) is 69.6 Å². The number of nitrogens with zero attached hydrogens (tertiary/aromatic N) is 1. The summed E-state index contributed by atoms with van der Waals surface area (Å²) in [7, 11) is 0. The van der Waals surface area contributed by atoms with Gasteiger partial charge in [0.05, 0.1) is 5.60 Å². The first-order valence-electron chi connectivity index (χ1n) is 7.20. The van der Waals surface area contributed by atoms with E-state index in [1.165, 1.54) is 0 Å². The molecule has 1 aromatic carbocycles. The molecule has 1 aromatic rings. The summed E-state index contributed by atoms with van der Waals surface area (Å²) in [6.45, 7) is 3.89. The zero-order chi connectivity index (χ0) is 15.5. The lowest BCUT2D eigenvalue weighted by atomic mass is 10.1. The summed E-state index contributed by atoms with van der Waals surface area (Å²) in [5.74, 6) is -0.193. The van der Waals surface area contributed by atoms with Crippen molar-refractivity contribution < 1.29 is 14.7 Å². The van der Waals surface area contributed by atoms with Crippen LogP contribution in [0.1, 0.15) is 32.3 Å². The molecule has 0 aromatic heterocycles. The molecule has 21 heavy (non-hydrogen) atoms. The molecule has 1 fully saturated rings. The molecule has 0 aliphatic carbocycles. The van der Waals surface area contributed by atoms with E-state index in [1.54, 1.807) is 18.7 Å². The third-order valence-corrected chi connectivity index (χ3v) is 3.52. The van der Waals surface area contributed by atoms with Gasteiger partial charge in [-0.2, -0.15) is 0 Å². The van der Waals surface area contributed by atoms with Crippen LogP contribution in [-0.2, 0) is 16.1 Å². The van der Waals surface area contributed by atoms with Gasteiger partial charge in [-0.25, -0.2) is 0 Å². The largest absolute Gasteiger partial charge is 0.389 e. The minimum atomic E-state index is -0.956. The van der Waals surface area contributed by atoms with Gasteiger partial charge in [-0.15, -0.1) is 0 Å². The molecule has 0 saturated carbocycles. The maximum Gasteiger partial charge on any atom is 0.242 e. The predicted octanol–water partition coefficient (Wildman–Crippen LogP) is 1.06. The minimum absolute atomic E-state index is 0.00209. The summed E-state index contributed by atoms with van der Waals surface area (Å²) in [4.78, 5) is 25.8. The summed E-state index contributed by atoms with van der Waals surface area (Å²) in [5, 5.41) is 12.4. The second-order valence-corrected chi connectivity index (χ2v) is 6.09. The van der Waals surface area contributed by atoms with Crippen molar-refractivity contribution in [1.29, 1.82) is 0 Å². The Balaban J connectivity index is 2.01. The second-order valence-electron chi connectivity index (χ2n) is 6.09. The lowest BCUT2D eigenvalue weighted by Crippen LogP contribution is -2.48. The van der Waals surface area contributed by atoms with E-state index in [2.05, 4.69) is 5.32 Å². The summed E-state index contributed by atoms with van der Waals surface area (Å²) < 4.78 is 0. The molecule has 2 N–H and O–H groups in total. The second kappa shape index (κ2) is 6.26. The van der Waals surface area contributed by atoms with Crippen LogP contribution in [0.2, 0.25) is 0 Å². The molecule has 1 aliphatic heterocycles. The SMILES string of the molecule is CC(C)(O)CNC(=O)C1CCC(=O)N1Cc1ccccc1. The van der Waals surface area contributed by atoms with Crippen LogP contribution in [0.4, 0.5) is 0 Å². The number of rotatable bonds is 5. The van der Waals surface area contributed by atoms with Gasteiger partial charge in [-0.1, -0.05) is 30.3 Å². The molecule has 5 heteroatoms. The smallest absolute Gasteiger partial charge is 0.242 e. The van der Waals surface area contributed by atoms with Crippen molar-refractivity contribution in [3.8, 4) is 0 Å². The van der Waals surface area contributed by atoms with Crippen molar-refractivity contribution >= 4 is 11.8 Å². The van der Waals surface area contributed by atoms with Gasteiger partial charge in [0.1, 0.15) is 6.04 Å². The zero-order valence-electron chi connectivity index (χ0n) is 12.5. The number of likely N-dealkylation sites (tertiary alicyclic amines) is 1. The van der Waals surface area contributed by atoms with Crippen molar-refractivity contribution in [3.63, 3.8) is 0 Å². The molecule has 0 radical (unpaired) electrons. The standard InChI is InChI=1S/C16H22N2O3/c1-16(2,21)11-17-15(20)13-8-9-14(19)18(13)10-12-6-4-3-5-7-12/h3-7,13,21H,8-11H2,1-2H3,(H,17,20). The number of hydrogen-bond donors (Lipinski definition) is 2. The normalized spacial score (nSPS) is 18.9. The van der Waals surface area contributed by atoms with E-state index in [0.29, 0.717) is 19.4 Å². The van der Waals surface area contributed by atoms with Crippen molar-refractivity contribution in [1.82, 2.24) is 10.2 Å². The molecule has 1 heterocycles. The number of nitrogens with one attached hydrogen (secondary N) is 1. The maximum absolute atomic E-state index is 12.2. The van der Waals surface area contributed by atoms with Crippen LogP contribution >= 0.6 is 0 Å². The van der Waals surface area contributed by atoms with E-state index in [-0.39, 0.29) is 18.4 Å². The van der Waals surface area contributed by atoms with Crippen molar-refractivity contribution in [2.24, 2.45) is 0 Å². The molecule has 1 atom stereocenters. The van der Waals surface area contributed by atoms with Crippen LogP contribution in [0.15, 0.2) is 30.3 Å². The molecule has 1 unspecified atom stereocenters. The molecule has 0 spiro atoms. The van der Waals surface area contributed by atoms with Crippen LogP contribution in [-0.4, -0.2) is 40.0 Å². The Labute approximate surface area is 125 Å². The molecule has 5 nitrogen and oxygen atoms in total. The first-order valence-corrected chi connectivity index (χ1v) is 7.20. The highest BCUT2D eigenvalue weighted by molar-refractivity contribution is 5.90. The fourth-order valence-corrected chi connectivity index (χ4v) is 2.41. The van der Waals surface area contributed by atoms with Gasteiger partial charge in [-0.05, 0) is 25.8 Å². The number of amides is 2. The average molecular weight is 290 g/mol. The Morgan fingerprint density at radius 2 is 2.05 bits per heavy atom. The zero-order valence-corrected chi connectivity index (χ0v) is 12.5. The van der Waals surface area contributed by atoms with Gasteiger partial charge >= 0.3 is 0 Å². The van der Waals surface area contributed by atoms with E-state index in [4.69, 9.17) is 0 Å². The molecular formula is C16H22N2O3. The van der Waals surface area contributed by atoms with Crippen molar-refractivity contribution in [2.75, 3.05) is 6.54 Å². The van der Waals surface area contributed by atoms with E-state index in [0.717, 1.165) is 5.56 Å². The van der Waals surface area contributed by atoms with Gasteiger partial charge in [0, 0.05) is 19.5 Å². The number of aliphatic hydroxyl groups is 1. The van der Waals surface area contributed by atoms with Crippen molar-refractivity contribution in [2.45, 2.75) is 44.9 Å². The quantitative estimate of drug-likeness (QED) is 0.852. The monoisotopic (exact) mass is 290 g/mol. The third-order valence-electron chi connectivity index (χ3n) is 3.52. The Kier molecular flexibility index (Phi) is 4.63. The number of carbonyl (C=O) groups is 2. The lowest BCUT2D eigenvalue weighted by molar-refractivity contribution is -0.136. The summed E-state index contributed by atoms with van der Waals surface area (Å²) >= 11 is 0. The van der Waals surface area contributed by atoms with Crippen LogP contribution in [0, 0.1) is 0 Å². The summed E-state index contributed by atoms with van der Waals surface area (Å²) in [5.41, 5.74) is 0.0516. The van der Waals surface area contributed by atoms with E-state index in [9.17, 15) is 14.7 Å². The van der Waals surface area contributed by atoms with Crippen LogP contribution < -0.4 is 5.32 Å². The molecule has 114 valence electrons. The van der Waals surface area contributed by atoms with Crippen LogP contribution in [0.5, 0.6) is 0 Å². The summed E-state index contributed by atoms with van der Waals surface area (Å²) in [6.07, 6.45) is 0.927. The highest BCUT2D eigenvalue weighted by Gasteiger charge is 2.36. The van der Waals surface area contributed by atoms with E-state index in [1.807, 2.05) is 30.3 Å². The Hall–Kier alpha value is -1.88. The molecule has 0 bridgehead atoms. The maximum atomic E-state index is 12.2. The predicted molar refractivity (Wildman–Crippen MR) is 79.3 cm³/mol. The van der Waals surface area contributed by atoms with Gasteiger partial charge < -0.3 is 15.3 Å². The van der Waals surface area contributed by atoms with E-state index >= 15 is 0 Å². The highest BCUT2D eigenvalue weighted by Crippen LogP contribution is 2.21. The number of benzene rings is 1. The van der Waals surface area contributed by atoms with Crippen molar-refractivity contribution in [3.05, 3.63) is 35.9 Å². The van der Waals surface area contributed by atoms with Gasteiger partial charge in [0.25, 0.3) is 0 Å². The van der Waals surface area contributed by atoms with Crippen LogP contribution in [0.25, 0.3) is 0 Å². The molecule has 1 aliphatic rings. The molecule has 2 rings (SSSR count). The Morgan fingerprint density at radius 3 is 2.67 bits per heavy atom. The lowest BCUT2D eigenvalue weighted by Gasteiger charge is -2.26. The minimum Gasteiger partial charge on any atom is -0.389 e. The fraction of sp³-hybridized carbons (Fsp3) is 0.500. The molecule has 1 saturated heterocycles.